The van der Waals surface area contributed by atoms with Gasteiger partial charge in [-0.25, -0.2) is 0 Å². The molecule has 6 heteroatoms. The van der Waals surface area contributed by atoms with E-state index in [2.05, 4.69) is 116 Å². The van der Waals surface area contributed by atoms with Gasteiger partial charge in [-0.15, -0.1) is 0 Å². The summed E-state index contributed by atoms with van der Waals surface area (Å²) in [6.45, 7) is 4.99. The summed E-state index contributed by atoms with van der Waals surface area (Å²) in [6, 6.07) is 0. The minimum absolute atomic E-state index is 0.00596. The van der Waals surface area contributed by atoms with Gasteiger partial charge in [0.05, 0.1) is 0 Å². The highest BCUT2D eigenvalue weighted by Gasteiger charge is 2.36. The van der Waals surface area contributed by atoms with Crippen LogP contribution in [0.3, 0.4) is 0 Å². The number of aliphatic imine (C=N–C) groups is 1. The molecule has 6 aliphatic rings. The molecule has 0 saturated heterocycles. The van der Waals surface area contributed by atoms with Crippen molar-refractivity contribution in [3.63, 3.8) is 0 Å². The van der Waals surface area contributed by atoms with Crippen molar-refractivity contribution in [2.75, 3.05) is 32.7 Å². The Morgan fingerprint density at radius 1 is 0.595 bits per heavy atom. The lowest BCUT2D eigenvalue weighted by molar-refractivity contribution is 0.0173. The number of nitrogens with zero attached hydrogens (tertiary/aromatic N) is 6. The summed E-state index contributed by atoms with van der Waals surface area (Å²) in [7, 11) is 0. The van der Waals surface area contributed by atoms with Crippen LogP contribution in [0, 0.1) is 0 Å². The van der Waals surface area contributed by atoms with Crippen LogP contribution in [0.1, 0.15) is 57.8 Å². The largest absolute Gasteiger partial charge is 0.357 e. The molecule has 0 aromatic carbocycles. The molecule has 6 aliphatic heterocycles. The van der Waals surface area contributed by atoms with Gasteiger partial charge in [0.25, 0.3) is 0 Å². The molecule has 3 atom stereocenters. The molecule has 3 unspecified atom stereocenters. The van der Waals surface area contributed by atoms with Gasteiger partial charge in [-0.1, -0.05) is 60.8 Å². The average Bonchev–Trinajstić information content (AvgIpc) is 3.69. The van der Waals surface area contributed by atoms with Crippen LogP contribution in [0.25, 0.3) is 0 Å². The monoisotopic (exact) mass is 564 g/mol. The topological polar surface area (TPSA) is 28.6 Å². The van der Waals surface area contributed by atoms with Crippen LogP contribution in [0.15, 0.2) is 114 Å². The smallest absolute Gasteiger partial charge is 0.141 e. The van der Waals surface area contributed by atoms with Crippen molar-refractivity contribution in [2.24, 2.45) is 4.99 Å². The van der Waals surface area contributed by atoms with E-state index in [1.54, 1.807) is 0 Å². The molecule has 0 aliphatic carbocycles. The summed E-state index contributed by atoms with van der Waals surface area (Å²) in [5.74, 6) is 2.75. The van der Waals surface area contributed by atoms with Crippen LogP contribution >= 0.6 is 0 Å². The highest BCUT2D eigenvalue weighted by Crippen LogP contribution is 2.33. The fourth-order valence-corrected chi connectivity index (χ4v) is 7.01. The van der Waals surface area contributed by atoms with Crippen molar-refractivity contribution in [3.05, 3.63) is 109 Å². The second kappa shape index (κ2) is 14.5. The van der Waals surface area contributed by atoms with Crippen LogP contribution in [-0.4, -0.2) is 81.9 Å². The summed E-state index contributed by atoms with van der Waals surface area (Å²) in [6.07, 6.45) is 49.4. The maximum Gasteiger partial charge on any atom is 0.141 e. The summed E-state index contributed by atoms with van der Waals surface area (Å²) in [4.78, 5) is 18.2. The Kier molecular flexibility index (Phi) is 9.81. The van der Waals surface area contributed by atoms with Gasteiger partial charge in [-0.2, -0.15) is 0 Å². The zero-order valence-corrected chi connectivity index (χ0v) is 25.1. The fraction of sp³-hybridized carbons (Fsp3) is 0.472. The summed E-state index contributed by atoms with van der Waals surface area (Å²) < 4.78 is 0. The van der Waals surface area contributed by atoms with E-state index in [1.807, 2.05) is 12.3 Å². The normalized spacial score (nSPS) is 28.6. The van der Waals surface area contributed by atoms with Gasteiger partial charge in [0.1, 0.15) is 30.1 Å². The third kappa shape index (κ3) is 6.69. The molecule has 0 spiro atoms. The summed E-state index contributed by atoms with van der Waals surface area (Å²) in [5.41, 5.74) is 0. The molecule has 0 N–H and O–H groups in total. The molecule has 0 aromatic heterocycles. The quantitative estimate of drug-likeness (QED) is 0.348. The summed E-state index contributed by atoms with van der Waals surface area (Å²) >= 11 is 0. The number of hydrogen-bond acceptors (Lipinski definition) is 6. The van der Waals surface area contributed by atoms with Crippen LogP contribution in [0.2, 0.25) is 0 Å². The van der Waals surface area contributed by atoms with Crippen LogP contribution in [0.4, 0.5) is 0 Å². The zero-order valence-electron chi connectivity index (χ0n) is 25.1. The van der Waals surface area contributed by atoms with E-state index in [0.717, 1.165) is 77.7 Å². The van der Waals surface area contributed by atoms with Crippen molar-refractivity contribution in [3.8, 4) is 0 Å². The van der Waals surface area contributed by atoms with E-state index in [4.69, 9.17) is 4.99 Å². The van der Waals surface area contributed by atoms with E-state index >= 15 is 0 Å². The van der Waals surface area contributed by atoms with Gasteiger partial charge in [0, 0.05) is 51.6 Å². The Morgan fingerprint density at radius 3 is 2.45 bits per heavy atom. The van der Waals surface area contributed by atoms with Crippen molar-refractivity contribution in [1.82, 2.24) is 24.5 Å². The first-order valence-electron chi connectivity index (χ1n) is 16.3. The Labute approximate surface area is 253 Å². The molecule has 222 valence electrons. The third-order valence-electron chi connectivity index (χ3n) is 9.06. The number of rotatable bonds is 5. The van der Waals surface area contributed by atoms with E-state index in [1.165, 1.54) is 24.5 Å². The first-order chi connectivity index (χ1) is 20.9. The zero-order chi connectivity index (χ0) is 28.4. The maximum atomic E-state index is 4.93. The molecule has 0 radical (unpaired) electrons. The van der Waals surface area contributed by atoms with E-state index < -0.39 is 0 Å². The third-order valence-corrected chi connectivity index (χ3v) is 9.06. The lowest BCUT2D eigenvalue weighted by Crippen LogP contribution is -2.55. The molecular weight excluding hydrogens is 516 g/mol. The van der Waals surface area contributed by atoms with E-state index in [9.17, 15) is 0 Å². The van der Waals surface area contributed by atoms with Crippen molar-refractivity contribution < 1.29 is 0 Å². The minimum atomic E-state index is -0.00596. The molecule has 0 saturated carbocycles. The predicted molar refractivity (Wildman–Crippen MR) is 175 cm³/mol. The Balaban J connectivity index is 1.35. The molecule has 0 bridgehead atoms. The van der Waals surface area contributed by atoms with Gasteiger partial charge in [-0.3, -0.25) is 4.99 Å². The highest BCUT2D eigenvalue weighted by molar-refractivity contribution is 5.72. The van der Waals surface area contributed by atoms with Gasteiger partial charge in [0.2, 0.25) is 0 Å². The molecule has 0 amide bonds. The lowest BCUT2D eigenvalue weighted by Gasteiger charge is -2.50. The van der Waals surface area contributed by atoms with Crippen molar-refractivity contribution in [2.45, 2.75) is 76.3 Å². The standard InChI is InChI=1S/C36H48N6/c1-2-15-27-38(26-14-1)33-21-9-4-17-29-40(33)35-23-11-6-19-31-42(35)36-24-12-7-18-30-41(36)34-22-10-5-16-28-39(34)32-20-8-3-13-25-37-32/h1-5,7-8,12-14,16-17,20,22-23,25-26,32-33,36H,6,9-11,15,18-19,21,24,27-31H2. The SMILES string of the molecule is C1=CC=NC(N2CC=CCC=C2N2CCC=CCC2N2CCCCC=C2N2CC=CCCC2N2C=CC=CCC2)C=C1. The second-order valence-electron chi connectivity index (χ2n) is 11.8. The molecule has 6 heterocycles. The highest BCUT2D eigenvalue weighted by atomic mass is 15.5. The van der Waals surface area contributed by atoms with Crippen molar-refractivity contribution in [1.29, 1.82) is 0 Å². The first-order valence-corrected chi connectivity index (χ1v) is 16.3. The molecule has 0 fully saturated rings. The fourth-order valence-electron chi connectivity index (χ4n) is 7.01. The minimum Gasteiger partial charge on any atom is -0.357 e. The van der Waals surface area contributed by atoms with Crippen LogP contribution < -0.4 is 0 Å². The number of hydrogen-bond donors (Lipinski definition) is 0. The molecule has 0 aromatic rings. The van der Waals surface area contributed by atoms with E-state index in [-0.39, 0.29) is 12.3 Å². The maximum absolute atomic E-state index is 4.93. The van der Waals surface area contributed by atoms with Crippen LogP contribution in [0.5, 0.6) is 0 Å². The van der Waals surface area contributed by atoms with Crippen LogP contribution in [-0.2, 0) is 0 Å². The molecule has 42 heavy (non-hydrogen) atoms. The molecule has 6 nitrogen and oxygen atoms in total. The van der Waals surface area contributed by atoms with E-state index in [0.29, 0.717) is 6.17 Å². The number of allylic oxidation sites excluding steroid dienone is 9. The lowest BCUT2D eigenvalue weighted by atomic mass is 10.2. The van der Waals surface area contributed by atoms with Gasteiger partial charge >= 0.3 is 0 Å². The van der Waals surface area contributed by atoms with Gasteiger partial charge in [-0.05, 0) is 81.7 Å². The molecular formula is C36H48N6. The summed E-state index contributed by atoms with van der Waals surface area (Å²) in [5, 5.41) is 0. The Bertz CT molecular complexity index is 1200. The Hall–Kier alpha value is -3.67. The average molecular weight is 565 g/mol. The molecule has 6 rings (SSSR count). The first kappa shape index (κ1) is 28.4. The second-order valence-corrected chi connectivity index (χ2v) is 11.8. The van der Waals surface area contributed by atoms with Gasteiger partial charge in [0.15, 0.2) is 0 Å². The Morgan fingerprint density at radius 2 is 1.45 bits per heavy atom. The van der Waals surface area contributed by atoms with Crippen molar-refractivity contribution >= 4 is 6.21 Å². The van der Waals surface area contributed by atoms with Gasteiger partial charge < -0.3 is 24.5 Å². The predicted octanol–water partition coefficient (Wildman–Crippen LogP) is 6.67.